The van der Waals surface area contributed by atoms with Crippen molar-refractivity contribution in [3.8, 4) is 0 Å². The van der Waals surface area contributed by atoms with E-state index in [1.165, 1.54) is 7.11 Å². The second-order valence-electron chi connectivity index (χ2n) is 3.02. The van der Waals surface area contributed by atoms with Crippen molar-refractivity contribution in [1.29, 1.82) is 0 Å². The molecular formula is C9H17BrN2O2. The molecule has 5 heteroatoms. The van der Waals surface area contributed by atoms with E-state index in [2.05, 4.69) is 25.8 Å². The second kappa shape index (κ2) is 6.81. The first kappa shape index (κ1) is 13.4. The van der Waals surface area contributed by atoms with E-state index in [0.29, 0.717) is 6.54 Å². The Balaban J connectivity index is 4.06. The largest absolute Gasteiger partial charge is 0.468 e. The summed E-state index contributed by atoms with van der Waals surface area (Å²) in [7, 11) is 3.20. The van der Waals surface area contributed by atoms with E-state index in [9.17, 15) is 4.79 Å². The number of ether oxygens (including phenoxy) is 1. The third-order valence-electron chi connectivity index (χ3n) is 1.73. The van der Waals surface area contributed by atoms with E-state index in [1.54, 1.807) is 5.01 Å². The molecule has 82 valence electrons. The normalized spacial score (nSPS) is 13.6. The predicted octanol–water partition coefficient (Wildman–Crippen LogP) is 1.64. The average molecular weight is 265 g/mol. The summed E-state index contributed by atoms with van der Waals surface area (Å²) in [5.41, 5.74) is 1.04. The van der Waals surface area contributed by atoms with Gasteiger partial charge in [-0.15, -0.1) is 0 Å². The Morgan fingerprint density at radius 3 is 2.64 bits per heavy atom. The third kappa shape index (κ3) is 5.21. The summed E-state index contributed by atoms with van der Waals surface area (Å²) in [5, 5.41) is 6.00. The SMILES string of the molecule is CC/C(C)=N\N(C)CC(Br)C(=O)OC. The van der Waals surface area contributed by atoms with Gasteiger partial charge in [0, 0.05) is 12.8 Å². The predicted molar refractivity (Wildman–Crippen MR) is 60.8 cm³/mol. The molecule has 0 aromatic carbocycles. The number of alkyl halides is 1. The highest BCUT2D eigenvalue weighted by atomic mass is 79.9. The molecule has 1 unspecified atom stereocenters. The minimum absolute atomic E-state index is 0.277. The summed E-state index contributed by atoms with van der Waals surface area (Å²) in [4.78, 5) is 10.7. The van der Waals surface area contributed by atoms with Crippen molar-refractivity contribution in [3.05, 3.63) is 0 Å². The van der Waals surface area contributed by atoms with Crippen LogP contribution in [0, 0.1) is 0 Å². The lowest BCUT2D eigenvalue weighted by Crippen LogP contribution is -2.29. The number of methoxy groups -OCH3 is 1. The van der Waals surface area contributed by atoms with Gasteiger partial charge in [-0.3, -0.25) is 9.80 Å². The summed E-state index contributed by atoms with van der Waals surface area (Å²) in [6.07, 6.45) is 0.912. The molecule has 0 rings (SSSR count). The minimum Gasteiger partial charge on any atom is -0.468 e. The maximum atomic E-state index is 11.1. The van der Waals surface area contributed by atoms with Crippen LogP contribution in [0.15, 0.2) is 5.10 Å². The number of nitrogens with zero attached hydrogens (tertiary/aromatic N) is 2. The minimum atomic E-state index is -0.328. The lowest BCUT2D eigenvalue weighted by Gasteiger charge is -2.16. The van der Waals surface area contributed by atoms with Crippen molar-refractivity contribution in [2.45, 2.75) is 25.1 Å². The Morgan fingerprint density at radius 2 is 2.21 bits per heavy atom. The van der Waals surface area contributed by atoms with E-state index >= 15 is 0 Å². The summed E-state index contributed by atoms with van der Waals surface area (Å²) in [6.45, 7) is 4.50. The summed E-state index contributed by atoms with van der Waals surface area (Å²) < 4.78 is 4.58. The van der Waals surface area contributed by atoms with Crippen LogP contribution in [0.2, 0.25) is 0 Å². The molecule has 1 atom stereocenters. The number of hydrazone groups is 1. The molecule has 0 aromatic heterocycles. The van der Waals surface area contributed by atoms with E-state index < -0.39 is 0 Å². The molecule has 0 fully saturated rings. The monoisotopic (exact) mass is 264 g/mol. The van der Waals surface area contributed by atoms with Gasteiger partial charge in [-0.1, -0.05) is 22.9 Å². The number of rotatable bonds is 5. The first-order valence-electron chi connectivity index (χ1n) is 4.48. The van der Waals surface area contributed by atoms with E-state index in [1.807, 2.05) is 20.9 Å². The zero-order valence-electron chi connectivity index (χ0n) is 9.08. The van der Waals surface area contributed by atoms with Crippen LogP contribution in [-0.4, -0.2) is 42.2 Å². The lowest BCUT2D eigenvalue weighted by molar-refractivity contribution is -0.140. The molecule has 0 bridgehead atoms. The summed E-state index contributed by atoms with van der Waals surface area (Å²) in [5.74, 6) is -0.277. The fraction of sp³-hybridized carbons (Fsp3) is 0.778. The van der Waals surface area contributed by atoms with Crippen molar-refractivity contribution in [2.75, 3.05) is 20.7 Å². The van der Waals surface area contributed by atoms with Gasteiger partial charge in [-0.25, -0.2) is 0 Å². The van der Waals surface area contributed by atoms with Gasteiger partial charge in [-0.2, -0.15) is 5.10 Å². The van der Waals surface area contributed by atoms with Crippen molar-refractivity contribution in [2.24, 2.45) is 5.10 Å². The fourth-order valence-corrected chi connectivity index (χ4v) is 1.44. The molecule has 4 nitrogen and oxygen atoms in total. The number of hydrogen-bond acceptors (Lipinski definition) is 4. The molecule has 0 spiro atoms. The molecule has 0 radical (unpaired) electrons. The van der Waals surface area contributed by atoms with Crippen LogP contribution >= 0.6 is 15.9 Å². The molecular weight excluding hydrogens is 248 g/mol. The summed E-state index contributed by atoms with van der Waals surface area (Å²) in [6, 6.07) is 0. The Bertz CT molecular complexity index is 219. The number of hydrogen-bond donors (Lipinski definition) is 0. The Kier molecular flexibility index (Phi) is 6.53. The van der Waals surface area contributed by atoms with Crippen LogP contribution in [0.25, 0.3) is 0 Å². The number of esters is 1. The van der Waals surface area contributed by atoms with Crippen molar-refractivity contribution in [3.63, 3.8) is 0 Å². The summed E-state index contributed by atoms with van der Waals surface area (Å²) >= 11 is 3.23. The van der Waals surface area contributed by atoms with Gasteiger partial charge in [0.2, 0.25) is 0 Å². The van der Waals surface area contributed by atoms with E-state index in [-0.39, 0.29) is 10.8 Å². The number of carbonyl (C=O) groups is 1. The number of halogens is 1. The first-order valence-corrected chi connectivity index (χ1v) is 5.40. The van der Waals surface area contributed by atoms with Gasteiger partial charge in [0.05, 0.1) is 13.7 Å². The Labute approximate surface area is 93.4 Å². The highest BCUT2D eigenvalue weighted by Crippen LogP contribution is 2.04. The first-order chi connectivity index (χ1) is 6.51. The van der Waals surface area contributed by atoms with Crippen LogP contribution in [0.3, 0.4) is 0 Å². The highest BCUT2D eigenvalue weighted by molar-refractivity contribution is 9.10. The molecule has 0 aliphatic rings. The topological polar surface area (TPSA) is 41.9 Å². The zero-order chi connectivity index (χ0) is 11.1. The smallest absolute Gasteiger partial charge is 0.321 e. The Morgan fingerprint density at radius 1 is 1.64 bits per heavy atom. The van der Waals surface area contributed by atoms with Crippen LogP contribution in [0.1, 0.15) is 20.3 Å². The molecule has 0 saturated heterocycles. The molecule has 0 heterocycles. The molecule has 0 aliphatic heterocycles. The third-order valence-corrected chi connectivity index (χ3v) is 2.40. The van der Waals surface area contributed by atoms with Crippen LogP contribution in [0.5, 0.6) is 0 Å². The van der Waals surface area contributed by atoms with Gasteiger partial charge in [0.1, 0.15) is 4.83 Å². The molecule has 0 N–H and O–H groups in total. The van der Waals surface area contributed by atoms with Crippen LogP contribution < -0.4 is 0 Å². The molecule has 0 saturated carbocycles. The maximum Gasteiger partial charge on any atom is 0.321 e. The fourth-order valence-electron chi connectivity index (χ4n) is 0.837. The van der Waals surface area contributed by atoms with Gasteiger partial charge in [0.15, 0.2) is 0 Å². The van der Waals surface area contributed by atoms with Gasteiger partial charge in [-0.05, 0) is 13.3 Å². The molecule has 0 amide bonds. The van der Waals surface area contributed by atoms with Crippen molar-refractivity contribution in [1.82, 2.24) is 5.01 Å². The average Bonchev–Trinajstić information content (AvgIpc) is 2.15. The quantitative estimate of drug-likeness (QED) is 0.328. The second-order valence-corrected chi connectivity index (χ2v) is 4.13. The number of carbonyl (C=O) groups excluding carboxylic acids is 1. The van der Waals surface area contributed by atoms with E-state index in [0.717, 1.165) is 12.1 Å². The van der Waals surface area contributed by atoms with Crippen molar-refractivity contribution >= 4 is 27.6 Å². The van der Waals surface area contributed by atoms with Gasteiger partial charge >= 0.3 is 5.97 Å². The zero-order valence-corrected chi connectivity index (χ0v) is 10.7. The van der Waals surface area contributed by atoms with Gasteiger partial charge < -0.3 is 4.74 Å². The molecule has 0 aliphatic carbocycles. The Hall–Kier alpha value is -0.580. The van der Waals surface area contributed by atoms with Crippen LogP contribution in [0.4, 0.5) is 0 Å². The standard InChI is InChI=1S/C9H17BrN2O2/c1-5-7(2)11-12(3)6-8(10)9(13)14-4/h8H,5-6H2,1-4H3/b11-7-. The van der Waals surface area contributed by atoms with E-state index in [4.69, 9.17) is 0 Å². The maximum absolute atomic E-state index is 11.1. The van der Waals surface area contributed by atoms with Gasteiger partial charge in [0.25, 0.3) is 0 Å². The molecule has 0 aromatic rings. The van der Waals surface area contributed by atoms with Crippen molar-refractivity contribution < 1.29 is 9.53 Å². The lowest BCUT2D eigenvalue weighted by atomic mass is 10.3. The van der Waals surface area contributed by atoms with Crippen LogP contribution in [-0.2, 0) is 9.53 Å². The molecule has 14 heavy (non-hydrogen) atoms. The highest BCUT2D eigenvalue weighted by Gasteiger charge is 2.16.